The fraction of sp³-hybridized carbons (Fsp3) is 0.762. The fourth-order valence-corrected chi connectivity index (χ4v) is 4.89. The minimum atomic E-state index is 0. The summed E-state index contributed by atoms with van der Waals surface area (Å²) in [5, 5.41) is 9.33. The summed E-state index contributed by atoms with van der Waals surface area (Å²) in [6.07, 6.45) is 0. The molecule has 0 amide bonds. The highest BCUT2D eigenvalue weighted by molar-refractivity contribution is 14.0. The highest BCUT2D eigenvalue weighted by atomic mass is 127. The number of rotatable bonds is 7. The van der Waals surface area contributed by atoms with Crippen LogP contribution in [-0.2, 0) is 4.74 Å². The molecule has 2 saturated heterocycles. The van der Waals surface area contributed by atoms with Gasteiger partial charge in [0.25, 0.3) is 0 Å². The standard InChI is InChI=1S/C21H37N5OS.HI/c1-5-22-21(24-18-15-26(16(2)3)14-17(18)4)23-13-19(20-7-6-12-28-20)25-8-10-27-11-9-25;/h6-7,12,16-19H,5,8-11,13-15H2,1-4H3,(H2,22,23,24);1H. The summed E-state index contributed by atoms with van der Waals surface area (Å²) in [7, 11) is 0. The summed E-state index contributed by atoms with van der Waals surface area (Å²) in [5.41, 5.74) is 0. The molecule has 2 aliphatic rings. The molecule has 0 saturated carbocycles. The van der Waals surface area contributed by atoms with Gasteiger partial charge in [0.1, 0.15) is 0 Å². The number of ether oxygens (including phenoxy) is 1. The van der Waals surface area contributed by atoms with Gasteiger partial charge in [-0.25, -0.2) is 0 Å². The maximum atomic E-state index is 5.56. The Balaban J connectivity index is 0.00000300. The molecule has 0 aliphatic carbocycles. The van der Waals surface area contributed by atoms with Crippen molar-refractivity contribution in [1.82, 2.24) is 20.4 Å². The SMILES string of the molecule is CCNC(=NCC(c1cccs1)N1CCOCC1)NC1CN(C(C)C)CC1C.I. The van der Waals surface area contributed by atoms with Crippen molar-refractivity contribution in [2.75, 3.05) is 52.5 Å². The second kappa shape index (κ2) is 12.4. The van der Waals surface area contributed by atoms with E-state index < -0.39 is 0 Å². The number of nitrogens with one attached hydrogen (secondary N) is 2. The molecule has 8 heteroatoms. The highest BCUT2D eigenvalue weighted by Gasteiger charge is 2.31. The summed E-state index contributed by atoms with van der Waals surface area (Å²) in [6, 6.07) is 5.75. The third-order valence-corrected chi connectivity index (χ3v) is 6.79. The maximum Gasteiger partial charge on any atom is 0.191 e. The Labute approximate surface area is 197 Å². The minimum Gasteiger partial charge on any atom is -0.379 e. The van der Waals surface area contributed by atoms with E-state index in [2.05, 4.69) is 65.6 Å². The molecule has 3 heterocycles. The summed E-state index contributed by atoms with van der Waals surface area (Å²) >= 11 is 1.83. The van der Waals surface area contributed by atoms with Gasteiger partial charge < -0.3 is 15.4 Å². The number of halogens is 1. The Hall–Kier alpha value is -0.420. The smallest absolute Gasteiger partial charge is 0.191 e. The van der Waals surface area contributed by atoms with E-state index in [0.29, 0.717) is 24.0 Å². The van der Waals surface area contributed by atoms with Crippen LogP contribution in [-0.4, -0.2) is 80.3 Å². The first-order chi connectivity index (χ1) is 13.6. The van der Waals surface area contributed by atoms with Gasteiger partial charge in [0.05, 0.1) is 25.8 Å². The molecule has 2 aliphatic heterocycles. The molecule has 0 aromatic carbocycles. The largest absolute Gasteiger partial charge is 0.379 e. The number of hydrogen-bond donors (Lipinski definition) is 2. The molecule has 3 atom stereocenters. The molecule has 0 radical (unpaired) electrons. The maximum absolute atomic E-state index is 5.56. The third kappa shape index (κ3) is 7.05. The van der Waals surface area contributed by atoms with Gasteiger partial charge in [0, 0.05) is 49.7 Å². The normalized spacial score (nSPS) is 25.1. The van der Waals surface area contributed by atoms with Crippen molar-refractivity contribution in [3.8, 4) is 0 Å². The fourth-order valence-electron chi connectivity index (χ4n) is 4.04. The van der Waals surface area contributed by atoms with Crippen LogP contribution in [0.15, 0.2) is 22.5 Å². The van der Waals surface area contributed by atoms with Crippen molar-refractivity contribution in [3.05, 3.63) is 22.4 Å². The van der Waals surface area contributed by atoms with E-state index in [4.69, 9.17) is 9.73 Å². The minimum absolute atomic E-state index is 0. The average molecular weight is 536 g/mol. The first-order valence-electron chi connectivity index (χ1n) is 10.7. The molecular weight excluding hydrogens is 497 g/mol. The van der Waals surface area contributed by atoms with Gasteiger partial charge in [-0.1, -0.05) is 13.0 Å². The van der Waals surface area contributed by atoms with Gasteiger partial charge in [0.15, 0.2) is 5.96 Å². The van der Waals surface area contributed by atoms with Crippen molar-refractivity contribution in [3.63, 3.8) is 0 Å². The zero-order valence-electron chi connectivity index (χ0n) is 18.3. The van der Waals surface area contributed by atoms with Crippen LogP contribution >= 0.6 is 35.3 Å². The van der Waals surface area contributed by atoms with E-state index in [-0.39, 0.29) is 24.0 Å². The Morgan fingerprint density at radius 3 is 2.62 bits per heavy atom. The van der Waals surface area contributed by atoms with E-state index in [1.165, 1.54) is 4.88 Å². The summed E-state index contributed by atoms with van der Waals surface area (Å²) in [6.45, 7) is 16.5. The van der Waals surface area contributed by atoms with Crippen LogP contribution in [0.25, 0.3) is 0 Å². The van der Waals surface area contributed by atoms with Gasteiger partial charge in [-0.2, -0.15) is 0 Å². The van der Waals surface area contributed by atoms with E-state index in [1.54, 1.807) is 0 Å². The van der Waals surface area contributed by atoms with E-state index in [1.807, 2.05) is 11.3 Å². The Morgan fingerprint density at radius 2 is 2.03 bits per heavy atom. The third-order valence-electron chi connectivity index (χ3n) is 5.82. The number of nitrogens with zero attached hydrogens (tertiary/aromatic N) is 3. The van der Waals surface area contributed by atoms with Crippen LogP contribution in [0.1, 0.15) is 38.6 Å². The summed E-state index contributed by atoms with van der Waals surface area (Å²) in [5.74, 6) is 1.57. The summed E-state index contributed by atoms with van der Waals surface area (Å²) in [4.78, 5) is 11.5. The van der Waals surface area contributed by atoms with Crippen molar-refractivity contribution in [2.45, 2.75) is 45.8 Å². The molecular formula is C21H38IN5OS. The van der Waals surface area contributed by atoms with E-state index in [0.717, 1.165) is 58.4 Å². The number of hydrogen-bond acceptors (Lipinski definition) is 5. The number of aliphatic imine (C=N–C) groups is 1. The number of guanidine groups is 1. The monoisotopic (exact) mass is 535 g/mol. The van der Waals surface area contributed by atoms with E-state index >= 15 is 0 Å². The molecule has 29 heavy (non-hydrogen) atoms. The second-order valence-corrected chi connectivity index (χ2v) is 9.15. The molecule has 1 aromatic heterocycles. The topological polar surface area (TPSA) is 52.1 Å². The molecule has 1 aromatic rings. The highest BCUT2D eigenvalue weighted by Crippen LogP contribution is 2.26. The van der Waals surface area contributed by atoms with E-state index in [9.17, 15) is 0 Å². The van der Waals surface area contributed by atoms with Crippen molar-refractivity contribution in [2.24, 2.45) is 10.9 Å². The van der Waals surface area contributed by atoms with Crippen LogP contribution in [0, 0.1) is 5.92 Å². The number of thiophene rings is 1. The van der Waals surface area contributed by atoms with Crippen LogP contribution in [0.4, 0.5) is 0 Å². The first-order valence-corrected chi connectivity index (χ1v) is 11.6. The van der Waals surface area contributed by atoms with Gasteiger partial charge in [-0.3, -0.25) is 14.8 Å². The van der Waals surface area contributed by atoms with Crippen LogP contribution in [0.3, 0.4) is 0 Å². The number of likely N-dealkylation sites (tertiary alicyclic amines) is 1. The predicted molar refractivity (Wildman–Crippen MR) is 134 cm³/mol. The second-order valence-electron chi connectivity index (χ2n) is 8.17. The summed E-state index contributed by atoms with van der Waals surface area (Å²) < 4.78 is 5.56. The Kier molecular flexibility index (Phi) is 10.7. The van der Waals surface area contributed by atoms with Gasteiger partial charge in [-0.05, 0) is 38.1 Å². The predicted octanol–water partition coefficient (Wildman–Crippen LogP) is 3.02. The molecule has 6 nitrogen and oxygen atoms in total. The molecule has 0 bridgehead atoms. The van der Waals surface area contributed by atoms with Crippen LogP contribution < -0.4 is 10.6 Å². The average Bonchev–Trinajstić information content (AvgIpc) is 3.34. The van der Waals surface area contributed by atoms with Crippen LogP contribution in [0.2, 0.25) is 0 Å². The zero-order chi connectivity index (χ0) is 19.9. The Bertz CT molecular complexity index is 606. The quantitative estimate of drug-likeness (QED) is 0.320. The van der Waals surface area contributed by atoms with Crippen molar-refractivity contribution < 1.29 is 4.74 Å². The molecule has 166 valence electrons. The molecule has 2 fully saturated rings. The first kappa shape index (κ1) is 24.8. The molecule has 0 spiro atoms. The van der Waals surface area contributed by atoms with Gasteiger partial charge in [-0.15, -0.1) is 35.3 Å². The lowest BCUT2D eigenvalue weighted by molar-refractivity contribution is 0.0186. The lowest BCUT2D eigenvalue weighted by Crippen LogP contribution is -2.47. The molecule has 2 N–H and O–H groups in total. The lowest BCUT2D eigenvalue weighted by Gasteiger charge is -2.33. The Morgan fingerprint density at radius 1 is 1.28 bits per heavy atom. The van der Waals surface area contributed by atoms with Gasteiger partial charge in [0.2, 0.25) is 0 Å². The lowest BCUT2D eigenvalue weighted by atomic mass is 10.1. The molecule has 3 unspecified atom stereocenters. The zero-order valence-corrected chi connectivity index (χ0v) is 21.4. The number of morpholine rings is 1. The van der Waals surface area contributed by atoms with Crippen molar-refractivity contribution in [1.29, 1.82) is 0 Å². The van der Waals surface area contributed by atoms with Crippen LogP contribution in [0.5, 0.6) is 0 Å². The molecule has 3 rings (SSSR count). The van der Waals surface area contributed by atoms with Gasteiger partial charge >= 0.3 is 0 Å². The van der Waals surface area contributed by atoms with Crippen molar-refractivity contribution >= 4 is 41.3 Å².